The first-order chi connectivity index (χ1) is 3.93. The fourth-order valence-electron chi connectivity index (χ4n) is 0.933. The van der Waals surface area contributed by atoms with E-state index in [1.807, 2.05) is 0 Å². The van der Waals surface area contributed by atoms with Gasteiger partial charge in [-0.2, -0.15) is 0 Å². The van der Waals surface area contributed by atoms with Gasteiger partial charge in [0.25, 0.3) is 0 Å². The van der Waals surface area contributed by atoms with Gasteiger partial charge in [0, 0.05) is 25.7 Å². The van der Waals surface area contributed by atoms with Crippen LogP contribution in [0.4, 0.5) is 0 Å². The molecule has 1 aliphatic heterocycles. The number of hydrogen-bond donors (Lipinski definition) is 1. The van der Waals surface area contributed by atoms with Gasteiger partial charge < -0.3 is 5.32 Å². The lowest BCUT2D eigenvalue weighted by molar-refractivity contribution is 0.404. The first kappa shape index (κ1) is 6.05. The van der Waals surface area contributed by atoms with E-state index >= 15 is 0 Å². The average molecular weight is 113 g/mol. The minimum Gasteiger partial charge on any atom is -0.311 e. The Balaban J connectivity index is 2.13. The zero-order valence-electron chi connectivity index (χ0n) is 5.35. The second-order valence-corrected chi connectivity index (χ2v) is 2.19. The molecule has 1 aliphatic rings. The first-order valence-electron chi connectivity index (χ1n) is 3.30. The Morgan fingerprint density at radius 1 is 1.75 bits per heavy atom. The van der Waals surface area contributed by atoms with E-state index < -0.39 is 0 Å². The molecule has 0 saturated carbocycles. The van der Waals surface area contributed by atoms with Gasteiger partial charge in [0.05, 0.1) is 0 Å². The summed E-state index contributed by atoms with van der Waals surface area (Å²) in [5.74, 6) is 0. The third-order valence-electron chi connectivity index (χ3n) is 1.55. The topological polar surface area (TPSA) is 26.1 Å². The molecule has 0 aliphatic carbocycles. The highest BCUT2D eigenvalue weighted by molar-refractivity contribution is 4.72. The van der Waals surface area contributed by atoms with Crippen molar-refractivity contribution in [3.05, 3.63) is 0 Å². The molecule has 1 fully saturated rings. The minimum atomic E-state index is 0.670. The molecule has 1 radical (unpaired) electrons. The van der Waals surface area contributed by atoms with Crippen molar-refractivity contribution in [1.29, 1.82) is 0 Å². The van der Waals surface area contributed by atoms with E-state index in [2.05, 4.69) is 17.6 Å². The molecule has 1 saturated heterocycles. The molecule has 0 aromatic heterocycles. The lowest BCUT2D eigenvalue weighted by atomic mass is 10.2. The molecule has 1 unspecified atom stereocenters. The van der Waals surface area contributed by atoms with Crippen LogP contribution in [-0.4, -0.2) is 25.7 Å². The van der Waals surface area contributed by atoms with Gasteiger partial charge in [-0.15, -0.1) is 0 Å². The maximum Gasteiger partial charge on any atom is 0.0287 e. The molecule has 0 bridgehead atoms. The summed E-state index contributed by atoms with van der Waals surface area (Å²) in [4.78, 5) is 0. The van der Waals surface area contributed by atoms with E-state index in [4.69, 9.17) is 0 Å². The van der Waals surface area contributed by atoms with Crippen LogP contribution in [0.1, 0.15) is 13.3 Å². The molecule has 8 heavy (non-hydrogen) atoms. The van der Waals surface area contributed by atoms with E-state index in [1.165, 1.54) is 6.42 Å². The Morgan fingerprint density at radius 2 is 2.62 bits per heavy atom. The molecule has 2 heteroatoms. The fraction of sp³-hybridized carbons (Fsp3) is 1.00. The Labute approximate surface area is 50.7 Å². The van der Waals surface area contributed by atoms with Gasteiger partial charge >= 0.3 is 0 Å². The minimum absolute atomic E-state index is 0.670. The Bertz CT molecular complexity index is 57.5. The largest absolute Gasteiger partial charge is 0.311 e. The SMILES string of the molecule is CCC1C[N]CCN1. The highest BCUT2D eigenvalue weighted by Crippen LogP contribution is 1.91. The molecule has 0 amide bonds. The third-order valence-corrected chi connectivity index (χ3v) is 1.55. The molecule has 1 N–H and O–H groups in total. The van der Waals surface area contributed by atoms with Crippen molar-refractivity contribution in [3.8, 4) is 0 Å². The van der Waals surface area contributed by atoms with E-state index in [9.17, 15) is 0 Å². The van der Waals surface area contributed by atoms with Crippen LogP contribution >= 0.6 is 0 Å². The summed E-state index contributed by atoms with van der Waals surface area (Å²) < 4.78 is 0. The predicted molar refractivity (Wildman–Crippen MR) is 33.9 cm³/mol. The lowest BCUT2D eigenvalue weighted by Crippen LogP contribution is -2.44. The molecule has 0 aromatic carbocycles. The van der Waals surface area contributed by atoms with Gasteiger partial charge in [0.15, 0.2) is 0 Å². The van der Waals surface area contributed by atoms with E-state index in [0.29, 0.717) is 6.04 Å². The van der Waals surface area contributed by atoms with Crippen molar-refractivity contribution < 1.29 is 0 Å². The van der Waals surface area contributed by atoms with Gasteiger partial charge in [0.2, 0.25) is 0 Å². The monoisotopic (exact) mass is 113 g/mol. The molecule has 0 aromatic rings. The van der Waals surface area contributed by atoms with Crippen LogP contribution in [0.3, 0.4) is 0 Å². The van der Waals surface area contributed by atoms with E-state index in [1.54, 1.807) is 0 Å². The molecule has 0 spiro atoms. The molecule has 1 heterocycles. The van der Waals surface area contributed by atoms with Crippen LogP contribution in [0, 0.1) is 0 Å². The fourth-order valence-corrected chi connectivity index (χ4v) is 0.933. The lowest BCUT2D eigenvalue weighted by Gasteiger charge is -2.21. The number of nitrogens with one attached hydrogen (secondary N) is 1. The summed E-state index contributed by atoms with van der Waals surface area (Å²) in [7, 11) is 0. The third kappa shape index (κ3) is 1.46. The maximum absolute atomic E-state index is 4.27. The van der Waals surface area contributed by atoms with E-state index in [0.717, 1.165) is 19.6 Å². The van der Waals surface area contributed by atoms with Crippen molar-refractivity contribution in [2.45, 2.75) is 19.4 Å². The van der Waals surface area contributed by atoms with Crippen molar-refractivity contribution in [3.63, 3.8) is 0 Å². The van der Waals surface area contributed by atoms with Gasteiger partial charge in [-0.1, -0.05) is 6.92 Å². The Morgan fingerprint density at radius 3 is 3.00 bits per heavy atom. The number of piperazine rings is 1. The Hall–Kier alpha value is -0.0800. The summed E-state index contributed by atoms with van der Waals surface area (Å²) >= 11 is 0. The van der Waals surface area contributed by atoms with Gasteiger partial charge in [-0.25, -0.2) is 5.32 Å². The summed E-state index contributed by atoms with van der Waals surface area (Å²) in [6.07, 6.45) is 1.21. The molecule has 1 atom stereocenters. The van der Waals surface area contributed by atoms with Crippen LogP contribution in [0.25, 0.3) is 0 Å². The normalized spacial score (nSPS) is 30.4. The summed E-state index contributed by atoms with van der Waals surface area (Å²) in [5.41, 5.74) is 0. The van der Waals surface area contributed by atoms with Crippen LogP contribution in [-0.2, 0) is 0 Å². The van der Waals surface area contributed by atoms with Crippen molar-refractivity contribution in [2.75, 3.05) is 19.6 Å². The number of rotatable bonds is 1. The smallest absolute Gasteiger partial charge is 0.0287 e. The maximum atomic E-state index is 4.27. The summed E-state index contributed by atoms with van der Waals surface area (Å²) in [6, 6.07) is 0.670. The number of hydrogen-bond acceptors (Lipinski definition) is 1. The second kappa shape index (κ2) is 3.05. The first-order valence-corrected chi connectivity index (χ1v) is 3.30. The van der Waals surface area contributed by atoms with Crippen LogP contribution in [0.15, 0.2) is 0 Å². The quantitative estimate of drug-likeness (QED) is 0.508. The van der Waals surface area contributed by atoms with Crippen LogP contribution < -0.4 is 10.6 Å². The summed E-state index contributed by atoms with van der Waals surface area (Å²) in [6.45, 7) is 5.31. The standard InChI is InChI=1S/C6H13N2/c1-2-6-5-7-3-4-8-6/h6,8H,2-5H2,1H3. The van der Waals surface area contributed by atoms with E-state index in [-0.39, 0.29) is 0 Å². The molecular weight excluding hydrogens is 100 g/mol. The summed E-state index contributed by atoms with van der Waals surface area (Å²) in [5, 5.41) is 7.64. The van der Waals surface area contributed by atoms with Crippen molar-refractivity contribution in [2.24, 2.45) is 0 Å². The molecule has 1 rings (SSSR count). The molecule has 2 nitrogen and oxygen atoms in total. The van der Waals surface area contributed by atoms with Gasteiger partial charge in [-0.05, 0) is 6.42 Å². The predicted octanol–water partition coefficient (Wildman–Crippen LogP) is -0.0274. The van der Waals surface area contributed by atoms with Crippen LogP contribution in [0.2, 0.25) is 0 Å². The Kier molecular flexibility index (Phi) is 2.30. The van der Waals surface area contributed by atoms with Gasteiger partial charge in [0.1, 0.15) is 0 Å². The molecule has 47 valence electrons. The highest BCUT2D eigenvalue weighted by atomic mass is 15.0. The zero-order valence-corrected chi connectivity index (χ0v) is 5.35. The van der Waals surface area contributed by atoms with Gasteiger partial charge in [-0.3, -0.25) is 0 Å². The average Bonchev–Trinajstić information content (AvgIpc) is 1.90. The highest BCUT2D eigenvalue weighted by Gasteiger charge is 2.08. The van der Waals surface area contributed by atoms with Crippen molar-refractivity contribution in [1.82, 2.24) is 10.6 Å². The zero-order chi connectivity index (χ0) is 5.82. The van der Waals surface area contributed by atoms with Crippen LogP contribution in [0.5, 0.6) is 0 Å². The van der Waals surface area contributed by atoms with Crippen molar-refractivity contribution >= 4 is 0 Å². The number of nitrogens with zero attached hydrogens (tertiary/aromatic N) is 1. The second-order valence-electron chi connectivity index (χ2n) is 2.19. The molecular formula is C6H13N2.